The van der Waals surface area contributed by atoms with E-state index in [-0.39, 0.29) is 11.8 Å². The van der Waals surface area contributed by atoms with Crippen LogP contribution >= 0.6 is 0 Å². The smallest absolute Gasteiger partial charge is 0.243 e. The van der Waals surface area contributed by atoms with E-state index in [4.69, 9.17) is 0 Å². The van der Waals surface area contributed by atoms with E-state index in [1.165, 1.54) is 4.90 Å². The predicted octanol–water partition coefficient (Wildman–Crippen LogP) is 0.135. The molecule has 0 spiro atoms. The largest absolute Gasteiger partial charge is 0.300 e. The van der Waals surface area contributed by atoms with Gasteiger partial charge in [0, 0.05) is 6.54 Å². The summed E-state index contributed by atoms with van der Waals surface area (Å²) < 4.78 is 0. The van der Waals surface area contributed by atoms with Crippen LogP contribution in [-0.4, -0.2) is 36.3 Å². The summed E-state index contributed by atoms with van der Waals surface area (Å²) in [4.78, 5) is 23.9. The Morgan fingerprint density at radius 1 is 1.23 bits per heavy atom. The van der Waals surface area contributed by atoms with Crippen molar-refractivity contribution in [1.82, 2.24) is 10.2 Å². The van der Waals surface area contributed by atoms with Gasteiger partial charge in [-0.25, -0.2) is 0 Å². The maximum atomic E-state index is 11.2. The fourth-order valence-electron chi connectivity index (χ4n) is 1.38. The number of imide groups is 1. The molecule has 1 saturated heterocycles. The monoisotopic (exact) mass is 184 g/mol. The molecule has 0 bridgehead atoms. The minimum absolute atomic E-state index is 0.0904. The van der Waals surface area contributed by atoms with Crippen LogP contribution < -0.4 is 5.32 Å². The molecule has 0 aromatic carbocycles. The van der Waals surface area contributed by atoms with E-state index in [0.717, 1.165) is 19.3 Å². The lowest BCUT2D eigenvalue weighted by atomic mass is 10.2. The van der Waals surface area contributed by atoms with Crippen LogP contribution in [-0.2, 0) is 9.59 Å². The average molecular weight is 184 g/mol. The van der Waals surface area contributed by atoms with Crippen molar-refractivity contribution in [2.75, 3.05) is 19.6 Å². The van der Waals surface area contributed by atoms with Crippen LogP contribution in [0.2, 0.25) is 0 Å². The number of nitrogens with one attached hydrogen (secondary N) is 1. The molecule has 0 atom stereocenters. The summed E-state index contributed by atoms with van der Waals surface area (Å²) in [5.74, 6) is -0.181. The zero-order valence-corrected chi connectivity index (χ0v) is 8.01. The van der Waals surface area contributed by atoms with Crippen LogP contribution in [0.15, 0.2) is 0 Å². The van der Waals surface area contributed by atoms with Gasteiger partial charge >= 0.3 is 0 Å². The number of hydrogen-bond donors (Lipinski definition) is 1. The van der Waals surface area contributed by atoms with Crippen molar-refractivity contribution in [2.45, 2.75) is 26.2 Å². The molecule has 0 saturated carbocycles. The zero-order valence-electron chi connectivity index (χ0n) is 8.01. The zero-order chi connectivity index (χ0) is 9.68. The van der Waals surface area contributed by atoms with Gasteiger partial charge in [0.05, 0.1) is 13.1 Å². The van der Waals surface area contributed by atoms with E-state index in [2.05, 4.69) is 12.2 Å². The highest BCUT2D eigenvalue weighted by molar-refractivity contribution is 5.99. The minimum Gasteiger partial charge on any atom is -0.300 e. The number of unbranched alkanes of at least 4 members (excludes halogenated alkanes) is 2. The van der Waals surface area contributed by atoms with Crippen molar-refractivity contribution < 1.29 is 9.59 Å². The molecule has 13 heavy (non-hydrogen) atoms. The average Bonchev–Trinajstić information content (AvgIpc) is 2.10. The first-order valence-electron chi connectivity index (χ1n) is 4.79. The van der Waals surface area contributed by atoms with E-state index >= 15 is 0 Å². The van der Waals surface area contributed by atoms with Crippen LogP contribution in [0.3, 0.4) is 0 Å². The van der Waals surface area contributed by atoms with Crippen LogP contribution in [0.5, 0.6) is 0 Å². The van der Waals surface area contributed by atoms with Gasteiger partial charge in [-0.05, 0) is 6.42 Å². The summed E-state index contributed by atoms with van der Waals surface area (Å²) in [5.41, 5.74) is 0. The number of nitrogens with zero attached hydrogens (tertiary/aromatic N) is 1. The Morgan fingerprint density at radius 2 is 1.85 bits per heavy atom. The number of carbonyl (C=O) groups is 2. The van der Waals surface area contributed by atoms with E-state index in [9.17, 15) is 9.59 Å². The van der Waals surface area contributed by atoms with Gasteiger partial charge in [0.1, 0.15) is 0 Å². The van der Waals surface area contributed by atoms with Gasteiger partial charge < -0.3 is 0 Å². The molecule has 0 radical (unpaired) electrons. The molecule has 1 fully saturated rings. The highest BCUT2D eigenvalue weighted by atomic mass is 16.2. The normalized spacial score (nSPS) is 18.1. The molecule has 0 aliphatic carbocycles. The SMILES string of the molecule is CCCCCN1C(=O)CNCC1=O. The molecular formula is C9H16N2O2. The predicted molar refractivity (Wildman–Crippen MR) is 49.1 cm³/mol. The van der Waals surface area contributed by atoms with Crippen molar-refractivity contribution in [2.24, 2.45) is 0 Å². The van der Waals surface area contributed by atoms with Gasteiger partial charge in [0.15, 0.2) is 0 Å². The number of hydrogen-bond acceptors (Lipinski definition) is 3. The van der Waals surface area contributed by atoms with Gasteiger partial charge in [0.2, 0.25) is 11.8 Å². The van der Waals surface area contributed by atoms with Crippen molar-refractivity contribution in [3.63, 3.8) is 0 Å². The summed E-state index contributed by atoms with van der Waals surface area (Å²) in [6.07, 6.45) is 3.10. The third-order valence-electron chi connectivity index (χ3n) is 2.14. The Balaban J connectivity index is 2.35. The lowest BCUT2D eigenvalue weighted by molar-refractivity contribution is -0.146. The van der Waals surface area contributed by atoms with Crippen molar-refractivity contribution in [3.8, 4) is 0 Å². The number of amides is 2. The first-order valence-corrected chi connectivity index (χ1v) is 4.79. The van der Waals surface area contributed by atoms with E-state index < -0.39 is 0 Å². The Kier molecular flexibility index (Phi) is 3.89. The molecule has 4 heteroatoms. The van der Waals surface area contributed by atoms with Crippen LogP contribution in [0.1, 0.15) is 26.2 Å². The van der Waals surface area contributed by atoms with Gasteiger partial charge in [-0.15, -0.1) is 0 Å². The first kappa shape index (κ1) is 10.2. The van der Waals surface area contributed by atoms with E-state index in [1.54, 1.807) is 0 Å². The van der Waals surface area contributed by atoms with Crippen molar-refractivity contribution >= 4 is 11.8 Å². The summed E-state index contributed by atoms with van der Waals surface area (Å²) in [6.45, 7) is 3.30. The Bertz CT molecular complexity index is 188. The fraction of sp³-hybridized carbons (Fsp3) is 0.778. The third kappa shape index (κ3) is 2.81. The summed E-state index contributed by atoms with van der Waals surface area (Å²) in [5, 5.41) is 2.76. The molecular weight excluding hydrogens is 168 g/mol. The molecule has 1 aliphatic heterocycles. The van der Waals surface area contributed by atoms with E-state index in [0.29, 0.717) is 19.6 Å². The first-order chi connectivity index (χ1) is 6.25. The Labute approximate surface area is 78.3 Å². The van der Waals surface area contributed by atoms with Crippen molar-refractivity contribution in [1.29, 1.82) is 0 Å². The maximum absolute atomic E-state index is 11.2. The van der Waals surface area contributed by atoms with Gasteiger partial charge in [-0.3, -0.25) is 19.8 Å². The standard InChI is InChI=1S/C9H16N2O2/c1-2-3-4-5-11-8(12)6-10-7-9(11)13/h10H,2-7H2,1H3. The second-order valence-electron chi connectivity index (χ2n) is 3.25. The van der Waals surface area contributed by atoms with Crippen LogP contribution in [0, 0.1) is 0 Å². The van der Waals surface area contributed by atoms with Gasteiger partial charge in [-0.1, -0.05) is 19.8 Å². The minimum atomic E-state index is -0.0904. The molecule has 0 aromatic rings. The molecule has 4 nitrogen and oxygen atoms in total. The molecule has 1 heterocycles. The van der Waals surface area contributed by atoms with Gasteiger partial charge in [0.25, 0.3) is 0 Å². The number of rotatable bonds is 4. The highest BCUT2D eigenvalue weighted by Gasteiger charge is 2.24. The lowest BCUT2D eigenvalue weighted by Crippen LogP contribution is -2.52. The molecule has 1 rings (SSSR count). The molecule has 2 amide bonds. The molecule has 0 unspecified atom stereocenters. The molecule has 1 aliphatic rings. The maximum Gasteiger partial charge on any atom is 0.243 e. The summed E-state index contributed by atoms with van der Waals surface area (Å²) in [7, 11) is 0. The molecule has 74 valence electrons. The topological polar surface area (TPSA) is 49.4 Å². The van der Waals surface area contributed by atoms with Crippen LogP contribution in [0.4, 0.5) is 0 Å². The van der Waals surface area contributed by atoms with Crippen molar-refractivity contribution in [3.05, 3.63) is 0 Å². The second-order valence-corrected chi connectivity index (χ2v) is 3.25. The lowest BCUT2D eigenvalue weighted by Gasteiger charge is -2.25. The Hall–Kier alpha value is -0.900. The second kappa shape index (κ2) is 4.97. The number of piperazine rings is 1. The molecule has 1 N–H and O–H groups in total. The summed E-state index contributed by atoms with van der Waals surface area (Å²) >= 11 is 0. The Morgan fingerprint density at radius 3 is 2.38 bits per heavy atom. The van der Waals surface area contributed by atoms with E-state index in [1.807, 2.05) is 0 Å². The highest BCUT2D eigenvalue weighted by Crippen LogP contribution is 2.01. The number of carbonyl (C=O) groups excluding carboxylic acids is 2. The van der Waals surface area contributed by atoms with Crippen LogP contribution in [0.25, 0.3) is 0 Å². The summed E-state index contributed by atoms with van der Waals surface area (Å²) in [6, 6.07) is 0. The molecule has 0 aromatic heterocycles. The quantitative estimate of drug-likeness (QED) is 0.499. The van der Waals surface area contributed by atoms with Gasteiger partial charge in [-0.2, -0.15) is 0 Å². The third-order valence-corrected chi connectivity index (χ3v) is 2.14. The fourth-order valence-corrected chi connectivity index (χ4v) is 1.38.